The molecule has 0 atom stereocenters. The van der Waals surface area contributed by atoms with Crippen molar-refractivity contribution in [3.63, 3.8) is 0 Å². The summed E-state index contributed by atoms with van der Waals surface area (Å²) in [5.41, 5.74) is 4.14. The molecule has 1 aliphatic heterocycles. The molecule has 1 saturated carbocycles. The third-order valence-corrected chi connectivity index (χ3v) is 6.68. The number of aromatic nitrogens is 4. The van der Waals surface area contributed by atoms with Crippen LogP contribution in [0, 0.1) is 5.95 Å². The molecule has 1 N–H and O–H groups in total. The lowest BCUT2D eigenvalue weighted by atomic mass is 9.75. The number of benzene rings is 1. The normalized spacial score (nSPS) is 24.3. The average molecular weight is 398 g/mol. The molecule has 1 aliphatic carbocycles. The van der Waals surface area contributed by atoms with Crippen molar-refractivity contribution in [3.8, 4) is 5.69 Å². The van der Waals surface area contributed by atoms with E-state index in [2.05, 4.69) is 38.7 Å². The lowest BCUT2D eigenvalue weighted by Gasteiger charge is -2.36. The lowest BCUT2D eigenvalue weighted by molar-refractivity contribution is 0.350. The van der Waals surface area contributed by atoms with E-state index in [0.717, 1.165) is 49.3 Å². The number of nitrogens with zero attached hydrogens (tertiary/aromatic N) is 4. The molecule has 2 aromatic heterocycles. The van der Waals surface area contributed by atoms with Gasteiger partial charge in [-0.2, -0.15) is 4.39 Å². The van der Waals surface area contributed by atoms with E-state index >= 15 is 0 Å². The quantitative estimate of drug-likeness (QED) is 0.520. The highest BCUT2D eigenvalue weighted by Gasteiger charge is 2.36. The molecule has 0 radical (unpaired) electrons. The molecule has 0 saturated heterocycles. The Morgan fingerprint density at radius 1 is 1.18 bits per heavy atom. The SMILES string of the molecule is Fc1ncccc1C1CCC(Cl)(c2ccc3c(c2)CNCc2nncn2-3)CC1. The number of nitrogens with one attached hydrogen (secondary N) is 1. The van der Waals surface area contributed by atoms with Gasteiger partial charge in [0.1, 0.15) is 6.33 Å². The summed E-state index contributed by atoms with van der Waals surface area (Å²) in [5.74, 6) is 0.740. The Labute approximate surface area is 168 Å². The van der Waals surface area contributed by atoms with E-state index in [-0.39, 0.29) is 11.9 Å². The molecule has 3 aromatic rings. The van der Waals surface area contributed by atoms with Gasteiger partial charge in [-0.15, -0.1) is 21.8 Å². The summed E-state index contributed by atoms with van der Waals surface area (Å²) in [6, 6.07) is 10.1. The maximum atomic E-state index is 14.0. The summed E-state index contributed by atoms with van der Waals surface area (Å²) in [5, 5.41) is 11.6. The Kier molecular flexibility index (Phi) is 4.40. The van der Waals surface area contributed by atoms with Crippen molar-refractivity contribution in [2.75, 3.05) is 0 Å². The first-order valence-electron chi connectivity index (χ1n) is 9.67. The minimum atomic E-state index is -0.410. The predicted molar refractivity (Wildman–Crippen MR) is 105 cm³/mol. The summed E-state index contributed by atoms with van der Waals surface area (Å²) < 4.78 is 16.1. The Hall–Kier alpha value is -2.31. The predicted octanol–water partition coefficient (Wildman–Crippen LogP) is 4.20. The van der Waals surface area contributed by atoms with E-state index in [9.17, 15) is 4.39 Å². The van der Waals surface area contributed by atoms with Crippen LogP contribution in [0.25, 0.3) is 5.69 Å². The van der Waals surface area contributed by atoms with Gasteiger partial charge in [-0.3, -0.25) is 4.57 Å². The van der Waals surface area contributed by atoms with Gasteiger partial charge >= 0.3 is 0 Å². The molecule has 28 heavy (non-hydrogen) atoms. The summed E-state index contributed by atoms with van der Waals surface area (Å²) in [6.07, 6.45) is 6.60. The maximum Gasteiger partial charge on any atom is 0.216 e. The highest BCUT2D eigenvalue weighted by molar-refractivity contribution is 6.24. The van der Waals surface area contributed by atoms with Crippen molar-refractivity contribution in [1.29, 1.82) is 0 Å². The van der Waals surface area contributed by atoms with Crippen molar-refractivity contribution in [2.24, 2.45) is 0 Å². The van der Waals surface area contributed by atoms with Gasteiger partial charge < -0.3 is 5.32 Å². The smallest absolute Gasteiger partial charge is 0.216 e. The van der Waals surface area contributed by atoms with Gasteiger partial charge in [0.2, 0.25) is 5.95 Å². The highest BCUT2D eigenvalue weighted by atomic mass is 35.5. The van der Waals surface area contributed by atoms with Crippen LogP contribution in [0.2, 0.25) is 0 Å². The first-order chi connectivity index (χ1) is 13.6. The molecule has 144 valence electrons. The number of hydrogen-bond acceptors (Lipinski definition) is 4. The molecule has 3 heterocycles. The molecule has 5 nitrogen and oxygen atoms in total. The third-order valence-electron chi connectivity index (χ3n) is 6.08. The minimum Gasteiger partial charge on any atom is -0.306 e. The third kappa shape index (κ3) is 3.01. The summed E-state index contributed by atoms with van der Waals surface area (Å²) in [4.78, 5) is 3.39. The van der Waals surface area contributed by atoms with E-state index in [1.165, 1.54) is 11.8 Å². The van der Waals surface area contributed by atoms with Crippen molar-refractivity contribution in [3.05, 3.63) is 71.3 Å². The Morgan fingerprint density at radius 2 is 2.04 bits per heavy atom. The molecule has 0 bridgehead atoms. The zero-order chi connectivity index (χ0) is 19.1. The topological polar surface area (TPSA) is 55.6 Å². The number of halogens is 2. The Balaban J connectivity index is 1.40. The first-order valence-corrected chi connectivity index (χ1v) is 10.0. The van der Waals surface area contributed by atoms with Crippen LogP contribution in [0.3, 0.4) is 0 Å². The largest absolute Gasteiger partial charge is 0.306 e. The van der Waals surface area contributed by atoms with E-state index in [1.807, 2.05) is 10.6 Å². The molecule has 1 aromatic carbocycles. The van der Waals surface area contributed by atoms with Crippen molar-refractivity contribution >= 4 is 11.6 Å². The molecular formula is C21H21ClFN5. The summed E-state index contributed by atoms with van der Waals surface area (Å²) in [6.45, 7) is 1.46. The van der Waals surface area contributed by atoms with Gasteiger partial charge in [-0.1, -0.05) is 18.2 Å². The van der Waals surface area contributed by atoms with Crippen LogP contribution in [0.1, 0.15) is 54.1 Å². The average Bonchev–Trinajstić information content (AvgIpc) is 3.10. The minimum absolute atomic E-state index is 0.183. The van der Waals surface area contributed by atoms with Crippen molar-refractivity contribution < 1.29 is 4.39 Å². The monoisotopic (exact) mass is 397 g/mol. The van der Waals surface area contributed by atoms with Crippen LogP contribution in [-0.2, 0) is 18.0 Å². The first kappa shape index (κ1) is 17.8. The van der Waals surface area contributed by atoms with E-state index in [0.29, 0.717) is 12.1 Å². The van der Waals surface area contributed by atoms with Gasteiger partial charge in [0, 0.05) is 18.3 Å². The molecule has 2 aliphatic rings. The van der Waals surface area contributed by atoms with Crippen LogP contribution < -0.4 is 5.32 Å². The van der Waals surface area contributed by atoms with Gasteiger partial charge in [-0.05, 0) is 54.9 Å². The number of pyridine rings is 1. The zero-order valence-corrected chi connectivity index (χ0v) is 16.2. The van der Waals surface area contributed by atoms with Gasteiger partial charge in [0.05, 0.1) is 17.1 Å². The molecular weight excluding hydrogens is 377 g/mol. The number of alkyl halides is 1. The van der Waals surface area contributed by atoms with Crippen LogP contribution in [0.15, 0.2) is 42.9 Å². The Bertz CT molecular complexity index is 1010. The number of rotatable bonds is 2. The van der Waals surface area contributed by atoms with Crippen LogP contribution in [0.4, 0.5) is 4.39 Å². The van der Waals surface area contributed by atoms with E-state index in [4.69, 9.17) is 11.6 Å². The van der Waals surface area contributed by atoms with E-state index < -0.39 is 4.87 Å². The van der Waals surface area contributed by atoms with Crippen LogP contribution in [-0.4, -0.2) is 19.7 Å². The Morgan fingerprint density at radius 3 is 2.86 bits per heavy atom. The summed E-state index contributed by atoms with van der Waals surface area (Å²) in [7, 11) is 0. The standard InChI is InChI=1S/C21H21ClFN5/c22-21(7-5-14(6-8-21)17-2-1-9-25-20(17)23)16-3-4-18-15(10-16)11-24-12-19-27-26-13-28(18)19/h1-4,9-10,13-14,24H,5-8,11-12H2. The van der Waals surface area contributed by atoms with Crippen molar-refractivity contribution in [2.45, 2.75) is 49.6 Å². The fraction of sp³-hybridized carbons (Fsp3) is 0.381. The zero-order valence-electron chi connectivity index (χ0n) is 15.4. The second kappa shape index (κ2) is 6.94. The lowest BCUT2D eigenvalue weighted by Crippen LogP contribution is -2.26. The van der Waals surface area contributed by atoms with Gasteiger partial charge in [-0.25, -0.2) is 4.98 Å². The second-order valence-electron chi connectivity index (χ2n) is 7.69. The molecule has 0 unspecified atom stereocenters. The highest BCUT2D eigenvalue weighted by Crippen LogP contribution is 2.48. The molecule has 5 rings (SSSR count). The van der Waals surface area contributed by atoms with Crippen LogP contribution >= 0.6 is 11.6 Å². The fourth-order valence-electron chi connectivity index (χ4n) is 4.51. The summed E-state index contributed by atoms with van der Waals surface area (Å²) >= 11 is 7.09. The second-order valence-corrected chi connectivity index (χ2v) is 8.41. The number of fused-ring (bicyclic) bond motifs is 3. The fourth-order valence-corrected chi connectivity index (χ4v) is 4.84. The van der Waals surface area contributed by atoms with E-state index in [1.54, 1.807) is 12.4 Å². The molecule has 0 amide bonds. The molecule has 7 heteroatoms. The van der Waals surface area contributed by atoms with Gasteiger partial charge in [0.15, 0.2) is 5.82 Å². The maximum absolute atomic E-state index is 14.0. The van der Waals surface area contributed by atoms with Gasteiger partial charge in [0.25, 0.3) is 0 Å². The molecule has 0 spiro atoms. The molecule has 1 fully saturated rings. The van der Waals surface area contributed by atoms with Crippen molar-refractivity contribution in [1.82, 2.24) is 25.1 Å². The van der Waals surface area contributed by atoms with Crippen LogP contribution in [0.5, 0.6) is 0 Å². The number of hydrogen-bond donors (Lipinski definition) is 1.